The largest absolute Gasteiger partial charge is 0.493 e. The van der Waals surface area contributed by atoms with Crippen molar-refractivity contribution in [2.24, 2.45) is 5.41 Å². The fourth-order valence-electron chi connectivity index (χ4n) is 5.41. The van der Waals surface area contributed by atoms with Gasteiger partial charge in [0.05, 0.1) is 6.61 Å². The second-order valence-electron chi connectivity index (χ2n) is 9.66. The van der Waals surface area contributed by atoms with Crippen LogP contribution < -0.4 is 4.74 Å². The van der Waals surface area contributed by atoms with Crippen molar-refractivity contribution < 1.29 is 18.7 Å². The number of furan rings is 1. The summed E-state index contributed by atoms with van der Waals surface area (Å²) in [6.07, 6.45) is 6.27. The number of nitrogens with zero attached hydrogens (tertiary/aromatic N) is 2. The van der Waals surface area contributed by atoms with Gasteiger partial charge in [-0.05, 0) is 56.7 Å². The highest BCUT2D eigenvalue weighted by Crippen LogP contribution is 2.41. The lowest BCUT2D eigenvalue weighted by Crippen LogP contribution is -2.44. The highest BCUT2D eigenvalue weighted by atomic mass is 16.5. The molecule has 0 N–H and O–H groups in total. The number of benzene rings is 2. The van der Waals surface area contributed by atoms with Crippen molar-refractivity contribution in [3.8, 4) is 5.75 Å². The second kappa shape index (κ2) is 9.61. The highest BCUT2D eigenvalue weighted by molar-refractivity contribution is 5.99. The molecule has 1 aromatic heterocycles. The van der Waals surface area contributed by atoms with Gasteiger partial charge in [-0.25, -0.2) is 0 Å². The van der Waals surface area contributed by atoms with Crippen LogP contribution in [-0.2, 0) is 4.79 Å². The van der Waals surface area contributed by atoms with Crippen LogP contribution in [0.5, 0.6) is 5.75 Å². The Balaban J connectivity index is 1.20. The lowest BCUT2D eigenvalue weighted by molar-refractivity contribution is -0.128. The van der Waals surface area contributed by atoms with Crippen LogP contribution in [0.2, 0.25) is 0 Å². The van der Waals surface area contributed by atoms with Crippen molar-refractivity contribution in [3.63, 3.8) is 0 Å². The van der Waals surface area contributed by atoms with Gasteiger partial charge >= 0.3 is 0 Å². The van der Waals surface area contributed by atoms with E-state index in [2.05, 4.69) is 0 Å². The van der Waals surface area contributed by atoms with E-state index in [4.69, 9.17) is 9.15 Å². The first kappa shape index (κ1) is 23.2. The number of piperidine rings is 1. The summed E-state index contributed by atoms with van der Waals surface area (Å²) in [7, 11) is 0. The molecule has 35 heavy (non-hydrogen) atoms. The standard InChI is InChI=1S/C29H32N2O4/c1-3-34-24-10-6-4-8-22(24)12-13-26(32)30-17-14-29(15-18-30)16-19-31(20-29)28(33)27-21(2)23-9-5-7-11-25(23)35-27/h4-13H,3,14-20H2,1-2H3/b13-12+. The van der Waals surface area contributed by atoms with E-state index in [-0.39, 0.29) is 17.2 Å². The van der Waals surface area contributed by atoms with Gasteiger partial charge < -0.3 is 19.0 Å². The zero-order chi connectivity index (χ0) is 24.4. The van der Waals surface area contributed by atoms with Crippen molar-refractivity contribution in [2.45, 2.75) is 33.1 Å². The molecule has 3 heterocycles. The molecule has 2 aromatic carbocycles. The SMILES string of the molecule is CCOc1ccccc1/C=C/C(=O)N1CCC2(CC1)CCN(C(=O)c1oc3ccccc3c1C)C2. The topological polar surface area (TPSA) is 63.0 Å². The molecule has 0 bridgehead atoms. The molecule has 3 aromatic rings. The number of aryl methyl sites for hydroxylation is 1. The van der Waals surface area contributed by atoms with Crippen molar-refractivity contribution in [3.05, 3.63) is 71.5 Å². The van der Waals surface area contributed by atoms with Gasteiger partial charge in [-0.1, -0.05) is 36.4 Å². The Morgan fingerprint density at radius 1 is 1.00 bits per heavy atom. The predicted molar refractivity (Wildman–Crippen MR) is 136 cm³/mol. The summed E-state index contributed by atoms with van der Waals surface area (Å²) >= 11 is 0. The van der Waals surface area contributed by atoms with Gasteiger partial charge in [0.25, 0.3) is 5.91 Å². The summed E-state index contributed by atoms with van der Waals surface area (Å²) in [5.41, 5.74) is 2.65. The Hall–Kier alpha value is -3.54. The van der Waals surface area contributed by atoms with Crippen molar-refractivity contribution in [1.29, 1.82) is 0 Å². The number of rotatable bonds is 5. The molecule has 0 unspecified atom stereocenters. The van der Waals surface area contributed by atoms with Crippen molar-refractivity contribution >= 4 is 28.9 Å². The predicted octanol–water partition coefficient (Wildman–Crippen LogP) is 5.31. The number of hydrogen-bond donors (Lipinski definition) is 0. The molecule has 0 saturated carbocycles. The number of hydrogen-bond acceptors (Lipinski definition) is 4. The first-order valence-corrected chi connectivity index (χ1v) is 12.5. The third kappa shape index (κ3) is 4.57. The van der Waals surface area contributed by atoms with Crippen LogP contribution in [-0.4, -0.2) is 54.4 Å². The Labute approximate surface area is 206 Å². The van der Waals surface area contributed by atoms with E-state index in [1.54, 1.807) is 6.08 Å². The fourth-order valence-corrected chi connectivity index (χ4v) is 5.41. The average Bonchev–Trinajstić information content (AvgIpc) is 3.45. The zero-order valence-electron chi connectivity index (χ0n) is 20.5. The molecule has 6 heteroatoms. The highest BCUT2D eigenvalue weighted by Gasteiger charge is 2.43. The normalized spacial score (nSPS) is 17.5. The minimum absolute atomic E-state index is 0.0231. The minimum atomic E-state index is -0.0232. The Morgan fingerprint density at radius 3 is 2.43 bits per heavy atom. The van der Waals surface area contributed by atoms with Crippen LogP contribution in [0.15, 0.2) is 59.0 Å². The molecule has 2 amide bonds. The summed E-state index contributed by atoms with van der Waals surface area (Å²) in [5, 5.41) is 0.994. The van der Waals surface area contributed by atoms with E-state index in [1.807, 2.05) is 78.3 Å². The van der Waals surface area contributed by atoms with Gasteiger partial charge in [-0.15, -0.1) is 0 Å². The molecule has 0 aliphatic carbocycles. The Morgan fingerprint density at radius 2 is 1.69 bits per heavy atom. The van der Waals surface area contributed by atoms with Crippen LogP contribution >= 0.6 is 0 Å². The number of ether oxygens (including phenoxy) is 1. The third-order valence-electron chi connectivity index (χ3n) is 7.52. The third-order valence-corrected chi connectivity index (χ3v) is 7.52. The molecule has 2 aliphatic rings. The van der Waals surface area contributed by atoms with Crippen molar-refractivity contribution in [1.82, 2.24) is 9.80 Å². The molecule has 1 spiro atoms. The number of carbonyl (C=O) groups is 2. The smallest absolute Gasteiger partial charge is 0.289 e. The van der Waals surface area contributed by atoms with E-state index in [9.17, 15) is 9.59 Å². The molecule has 0 radical (unpaired) electrons. The summed E-state index contributed by atoms with van der Waals surface area (Å²) in [4.78, 5) is 30.0. The number of para-hydroxylation sites is 2. The lowest BCUT2D eigenvalue weighted by atomic mass is 9.78. The van der Waals surface area contributed by atoms with E-state index >= 15 is 0 Å². The molecule has 182 valence electrons. The van der Waals surface area contributed by atoms with Crippen LogP contribution in [0.1, 0.15) is 47.9 Å². The molecule has 2 fully saturated rings. The maximum absolute atomic E-state index is 13.3. The van der Waals surface area contributed by atoms with E-state index in [0.717, 1.165) is 60.2 Å². The van der Waals surface area contributed by atoms with Crippen LogP contribution in [0.25, 0.3) is 17.0 Å². The van der Waals surface area contributed by atoms with E-state index in [0.29, 0.717) is 25.5 Å². The first-order valence-electron chi connectivity index (χ1n) is 12.5. The molecule has 5 rings (SSSR count). The quantitative estimate of drug-likeness (QED) is 0.472. The number of likely N-dealkylation sites (tertiary alicyclic amines) is 2. The van der Waals surface area contributed by atoms with Crippen molar-refractivity contribution in [2.75, 3.05) is 32.8 Å². The summed E-state index contributed by atoms with van der Waals surface area (Å²) in [6.45, 7) is 7.37. The van der Waals surface area contributed by atoms with Crippen LogP contribution in [0.3, 0.4) is 0 Å². The summed E-state index contributed by atoms with van der Waals surface area (Å²) in [6, 6.07) is 15.5. The molecular weight excluding hydrogens is 440 g/mol. The summed E-state index contributed by atoms with van der Waals surface area (Å²) < 4.78 is 11.6. The van der Waals surface area contributed by atoms with Gasteiger partial charge in [-0.2, -0.15) is 0 Å². The van der Waals surface area contributed by atoms with Gasteiger partial charge in [0.2, 0.25) is 5.91 Å². The lowest BCUT2D eigenvalue weighted by Gasteiger charge is -2.38. The molecule has 6 nitrogen and oxygen atoms in total. The number of amides is 2. The number of carbonyl (C=O) groups excluding carboxylic acids is 2. The molecule has 2 saturated heterocycles. The zero-order valence-corrected chi connectivity index (χ0v) is 20.5. The average molecular weight is 473 g/mol. The molecular formula is C29H32N2O4. The van der Waals surface area contributed by atoms with Crippen LogP contribution in [0, 0.1) is 12.3 Å². The maximum atomic E-state index is 13.3. The van der Waals surface area contributed by atoms with Gasteiger partial charge in [0.1, 0.15) is 11.3 Å². The van der Waals surface area contributed by atoms with E-state index < -0.39 is 0 Å². The van der Waals surface area contributed by atoms with Gasteiger partial charge in [0.15, 0.2) is 5.76 Å². The van der Waals surface area contributed by atoms with E-state index in [1.165, 1.54) is 0 Å². The van der Waals surface area contributed by atoms with Gasteiger partial charge in [0, 0.05) is 48.8 Å². The van der Waals surface area contributed by atoms with Gasteiger partial charge in [-0.3, -0.25) is 9.59 Å². The Bertz CT molecular complexity index is 1270. The first-order chi connectivity index (χ1) is 17.0. The monoisotopic (exact) mass is 472 g/mol. The fraction of sp³-hybridized carbons (Fsp3) is 0.379. The second-order valence-corrected chi connectivity index (χ2v) is 9.66. The molecule has 2 aliphatic heterocycles. The molecule has 0 atom stereocenters. The maximum Gasteiger partial charge on any atom is 0.289 e. The van der Waals surface area contributed by atoms with Crippen LogP contribution in [0.4, 0.5) is 0 Å². The Kier molecular flexibility index (Phi) is 6.37. The number of fused-ring (bicyclic) bond motifs is 1. The summed E-state index contributed by atoms with van der Waals surface area (Å²) in [5.74, 6) is 1.24. The minimum Gasteiger partial charge on any atom is -0.493 e.